The third-order valence-corrected chi connectivity index (χ3v) is 6.83. The highest BCUT2D eigenvalue weighted by atomic mass is 19.1. The molecule has 0 saturated carbocycles. The van der Waals surface area contributed by atoms with Crippen molar-refractivity contribution >= 4 is 5.91 Å². The van der Waals surface area contributed by atoms with Gasteiger partial charge >= 0.3 is 0 Å². The van der Waals surface area contributed by atoms with E-state index in [4.69, 9.17) is 9.47 Å². The van der Waals surface area contributed by atoms with Crippen LogP contribution in [0.25, 0.3) is 11.1 Å². The number of benzene rings is 3. The molecule has 2 heterocycles. The minimum Gasteiger partial charge on any atom is -0.486 e. The van der Waals surface area contributed by atoms with E-state index in [0.29, 0.717) is 12.1 Å². The number of nitrogens with zero attached hydrogens (tertiary/aromatic N) is 2. The quantitative estimate of drug-likeness (QED) is 0.409. The van der Waals surface area contributed by atoms with E-state index in [-0.39, 0.29) is 36.1 Å². The van der Waals surface area contributed by atoms with E-state index in [1.807, 2.05) is 4.90 Å². The average molecular weight is 524 g/mol. The van der Waals surface area contributed by atoms with Crippen LogP contribution in [0.5, 0.6) is 11.5 Å². The summed E-state index contributed by atoms with van der Waals surface area (Å²) in [5.74, 6) is -1.52. The monoisotopic (exact) mass is 523 g/mol. The van der Waals surface area contributed by atoms with Crippen LogP contribution < -0.4 is 14.8 Å². The number of likely N-dealkylation sites (tertiary alicyclic amines) is 1. The van der Waals surface area contributed by atoms with E-state index in [1.165, 1.54) is 18.2 Å². The summed E-state index contributed by atoms with van der Waals surface area (Å²) in [7, 11) is 0. The van der Waals surface area contributed by atoms with Gasteiger partial charge in [-0.3, -0.25) is 4.79 Å². The van der Waals surface area contributed by atoms with Crippen LogP contribution in [0.15, 0.2) is 65.8 Å². The molecule has 1 amide bonds. The Hall–Kier alpha value is -3.89. The van der Waals surface area contributed by atoms with Crippen LogP contribution in [0.2, 0.25) is 0 Å². The maximum atomic E-state index is 14.6. The van der Waals surface area contributed by atoms with E-state index in [0.717, 1.165) is 36.7 Å². The third kappa shape index (κ3) is 5.51. The zero-order chi connectivity index (χ0) is 26.6. The lowest BCUT2D eigenvalue weighted by Gasteiger charge is -2.36. The Morgan fingerprint density at radius 1 is 0.974 bits per heavy atom. The van der Waals surface area contributed by atoms with Crippen LogP contribution >= 0.6 is 0 Å². The zero-order valence-corrected chi connectivity index (χ0v) is 20.5. The molecule has 1 saturated heterocycles. The first-order valence-electron chi connectivity index (χ1n) is 12.4. The Bertz CT molecular complexity index is 1300. The van der Waals surface area contributed by atoms with E-state index < -0.39 is 29.9 Å². The van der Waals surface area contributed by atoms with Crippen LogP contribution in [0, 0.1) is 16.5 Å². The normalized spacial score (nSPS) is 17.1. The molecule has 2 aliphatic rings. The maximum absolute atomic E-state index is 14.6. The van der Waals surface area contributed by atoms with Gasteiger partial charge in [-0.2, -0.15) is 0 Å². The minimum absolute atomic E-state index is 0.00942. The fourth-order valence-electron chi connectivity index (χ4n) is 4.62. The van der Waals surface area contributed by atoms with Crippen molar-refractivity contribution in [1.29, 1.82) is 0 Å². The number of aliphatic hydroxyl groups excluding tert-OH is 1. The molecule has 0 bridgehead atoms. The van der Waals surface area contributed by atoms with Gasteiger partial charge in [0.05, 0.1) is 6.04 Å². The van der Waals surface area contributed by atoms with Crippen molar-refractivity contribution in [2.45, 2.75) is 24.6 Å². The van der Waals surface area contributed by atoms with Gasteiger partial charge in [0.2, 0.25) is 0 Å². The molecular weight excluding hydrogens is 496 g/mol. The SMILES string of the molecule is O=NC(C(=O)NC(CN1CCC1)C(O)c1cc(F)c2c(c1)OCCO2)c1ccc(-c2ccc(F)cc2)cc1. The van der Waals surface area contributed by atoms with Gasteiger partial charge in [0.25, 0.3) is 5.91 Å². The summed E-state index contributed by atoms with van der Waals surface area (Å²) in [5.41, 5.74) is 2.15. The number of carbonyl (C=O) groups is 1. The van der Waals surface area contributed by atoms with Gasteiger partial charge in [-0.15, -0.1) is 4.91 Å². The summed E-state index contributed by atoms with van der Waals surface area (Å²) >= 11 is 0. The Labute approximate surface area is 218 Å². The highest BCUT2D eigenvalue weighted by Crippen LogP contribution is 2.36. The van der Waals surface area contributed by atoms with Gasteiger partial charge < -0.3 is 24.8 Å². The molecule has 8 nitrogen and oxygen atoms in total. The molecule has 1 fully saturated rings. The number of ether oxygens (including phenoxy) is 2. The summed E-state index contributed by atoms with van der Waals surface area (Å²) in [5, 5.41) is 17.0. The summed E-state index contributed by atoms with van der Waals surface area (Å²) in [6.45, 7) is 2.39. The number of rotatable bonds is 9. The van der Waals surface area contributed by atoms with E-state index >= 15 is 0 Å². The van der Waals surface area contributed by atoms with Crippen molar-refractivity contribution < 1.29 is 28.2 Å². The van der Waals surface area contributed by atoms with Crippen LogP contribution in [0.4, 0.5) is 8.78 Å². The van der Waals surface area contributed by atoms with Crippen LogP contribution in [0.1, 0.15) is 29.7 Å². The first kappa shape index (κ1) is 25.7. The molecular formula is C28H27F2N3O5. The third-order valence-electron chi connectivity index (χ3n) is 6.83. The lowest BCUT2D eigenvalue weighted by atomic mass is 9.97. The molecule has 2 aliphatic heterocycles. The number of amides is 1. The highest BCUT2D eigenvalue weighted by Gasteiger charge is 2.32. The molecule has 0 aliphatic carbocycles. The van der Waals surface area contributed by atoms with Crippen LogP contribution in [-0.4, -0.2) is 54.8 Å². The number of hydrogen-bond acceptors (Lipinski definition) is 7. The summed E-state index contributed by atoms with van der Waals surface area (Å²) in [4.78, 5) is 27.0. The molecule has 198 valence electrons. The highest BCUT2D eigenvalue weighted by molar-refractivity contribution is 5.84. The molecule has 0 radical (unpaired) electrons. The smallest absolute Gasteiger partial charge is 0.253 e. The zero-order valence-electron chi connectivity index (χ0n) is 20.5. The average Bonchev–Trinajstić information content (AvgIpc) is 2.91. The van der Waals surface area contributed by atoms with Crippen molar-refractivity contribution in [3.8, 4) is 22.6 Å². The van der Waals surface area contributed by atoms with Gasteiger partial charge in [-0.25, -0.2) is 8.78 Å². The first-order chi connectivity index (χ1) is 18.4. The Morgan fingerprint density at radius 3 is 2.26 bits per heavy atom. The molecule has 38 heavy (non-hydrogen) atoms. The Morgan fingerprint density at radius 2 is 1.63 bits per heavy atom. The molecule has 5 rings (SSSR count). The largest absolute Gasteiger partial charge is 0.486 e. The lowest BCUT2D eigenvalue weighted by Crippen LogP contribution is -2.51. The van der Waals surface area contributed by atoms with Crippen molar-refractivity contribution in [3.05, 3.63) is 88.3 Å². The molecule has 10 heteroatoms. The molecule has 3 aromatic carbocycles. The second-order valence-electron chi connectivity index (χ2n) is 9.38. The predicted molar refractivity (Wildman–Crippen MR) is 136 cm³/mol. The van der Waals surface area contributed by atoms with Crippen molar-refractivity contribution in [2.75, 3.05) is 32.8 Å². The van der Waals surface area contributed by atoms with Crippen LogP contribution in [0.3, 0.4) is 0 Å². The fraction of sp³-hybridized carbons (Fsp3) is 0.321. The van der Waals surface area contributed by atoms with Gasteiger partial charge in [0.1, 0.15) is 25.1 Å². The van der Waals surface area contributed by atoms with Gasteiger partial charge in [-0.05, 0) is 66.0 Å². The molecule has 0 aromatic heterocycles. The molecule has 3 atom stereocenters. The summed E-state index contributed by atoms with van der Waals surface area (Å²) in [6, 6.07) is 13.1. The number of halogens is 2. The van der Waals surface area contributed by atoms with E-state index in [1.54, 1.807) is 36.4 Å². The van der Waals surface area contributed by atoms with Gasteiger partial charge in [0, 0.05) is 6.54 Å². The van der Waals surface area contributed by atoms with E-state index in [2.05, 4.69) is 10.5 Å². The lowest BCUT2D eigenvalue weighted by molar-refractivity contribution is -0.124. The standard InChI is InChI=1S/C28H27F2N3O5/c29-21-8-6-18(7-9-21)17-2-4-19(5-3-17)25(32-36)28(35)31-23(16-33-10-1-11-33)26(34)20-14-22(30)27-24(15-20)37-12-13-38-27/h2-9,14-15,23,25-26,34H,1,10-13,16H2,(H,31,35). The topological polar surface area (TPSA) is 100 Å². The summed E-state index contributed by atoms with van der Waals surface area (Å²) in [6.07, 6.45) is -0.285. The number of aliphatic hydroxyl groups is 1. The van der Waals surface area contributed by atoms with Crippen molar-refractivity contribution in [2.24, 2.45) is 5.18 Å². The van der Waals surface area contributed by atoms with Gasteiger partial charge in [-0.1, -0.05) is 41.6 Å². The molecule has 3 unspecified atom stereocenters. The molecule has 2 N–H and O–H groups in total. The number of fused-ring (bicyclic) bond motifs is 1. The Balaban J connectivity index is 1.34. The fourth-order valence-corrected chi connectivity index (χ4v) is 4.62. The van der Waals surface area contributed by atoms with Crippen LogP contribution in [-0.2, 0) is 4.79 Å². The summed E-state index contributed by atoms with van der Waals surface area (Å²) < 4.78 is 38.7. The second-order valence-corrected chi connectivity index (χ2v) is 9.38. The molecule has 3 aromatic rings. The molecule has 0 spiro atoms. The van der Waals surface area contributed by atoms with Crippen molar-refractivity contribution in [1.82, 2.24) is 10.2 Å². The second kappa shape index (κ2) is 11.2. The number of hydrogen-bond donors (Lipinski definition) is 2. The predicted octanol–water partition coefficient (Wildman–Crippen LogP) is 4.13. The maximum Gasteiger partial charge on any atom is 0.253 e. The minimum atomic E-state index is -1.36. The number of carbonyl (C=O) groups excluding carboxylic acids is 1. The van der Waals surface area contributed by atoms with E-state index in [9.17, 15) is 23.6 Å². The first-order valence-corrected chi connectivity index (χ1v) is 12.4. The van der Waals surface area contributed by atoms with Crippen molar-refractivity contribution in [3.63, 3.8) is 0 Å². The number of nitroso groups, excluding NO2 is 1. The van der Waals surface area contributed by atoms with Gasteiger partial charge in [0.15, 0.2) is 23.4 Å². The number of nitrogens with one attached hydrogen (secondary N) is 1. The Kier molecular flexibility index (Phi) is 7.62.